The summed E-state index contributed by atoms with van der Waals surface area (Å²) in [5, 5.41) is 10.8. The van der Waals surface area contributed by atoms with Gasteiger partial charge in [-0.15, -0.1) is 0 Å². The smallest absolute Gasteiger partial charge is 0.155 e. The van der Waals surface area contributed by atoms with Gasteiger partial charge in [0, 0.05) is 23.8 Å². The number of ketones is 1. The lowest BCUT2D eigenvalue weighted by molar-refractivity contribution is -0.114. The highest BCUT2D eigenvalue weighted by Crippen LogP contribution is 2.54. The summed E-state index contributed by atoms with van der Waals surface area (Å²) in [5.41, 5.74) is 2.85. The normalized spacial score (nSPS) is 21.9. The van der Waals surface area contributed by atoms with E-state index in [0.29, 0.717) is 12.3 Å². The van der Waals surface area contributed by atoms with E-state index >= 15 is 0 Å². The van der Waals surface area contributed by atoms with Crippen molar-refractivity contribution in [1.82, 2.24) is 0 Å². The molecular weight excluding hydrogens is 384 g/mol. The third kappa shape index (κ3) is 6.02. The predicted molar refractivity (Wildman–Crippen MR) is 129 cm³/mol. The minimum atomic E-state index is -0.281. The summed E-state index contributed by atoms with van der Waals surface area (Å²) in [6.45, 7) is 8.69. The first-order valence-corrected chi connectivity index (χ1v) is 12.2. The highest BCUT2D eigenvalue weighted by Gasteiger charge is 2.45. The average Bonchev–Trinajstić information content (AvgIpc) is 2.70. The zero-order chi connectivity index (χ0) is 22.4. The van der Waals surface area contributed by atoms with E-state index < -0.39 is 0 Å². The fourth-order valence-electron chi connectivity index (χ4n) is 5.21. The van der Waals surface area contributed by atoms with Gasteiger partial charge in [0.2, 0.25) is 0 Å². The number of unbranched alkanes of at least 4 members (excludes halogenated alkanes) is 6. The Hall–Kier alpha value is -2.03. The summed E-state index contributed by atoms with van der Waals surface area (Å²) in [5.74, 6) is 1.84. The van der Waals surface area contributed by atoms with Crippen LogP contribution in [-0.4, -0.2) is 16.5 Å². The molecule has 0 aromatic heterocycles. The van der Waals surface area contributed by atoms with Crippen molar-refractivity contribution in [2.45, 2.75) is 103 Å². The maximum atomic E-state index is 12.3. The van der Waals surface area contributed by atoms with Crippen LogP contribution in [0.25, 0.3) is 6.08 Å². The van der Waals surface area contributed by atoms with Gasteiger partial charge in [-0.1, -0.05) is 63.2 Å². The van der Waals surface area contributed by atoms with Crippen LogP contribution in [-0.2, 0) is 4.79 Å². The van der Waals surface area contributed by atoms with E-state index in [2.05, 4.69) is 33.8 Å². The molecule has 0 bridgehead atoms. The summed E-state index contributed by atoms with van der Waals surface area (Å²) >= 11 is 0. The van der Waals surface area contributed by atoms with Crippen LogP contribution in [0.15, 0.2) is 29.9 Å². The quantitative estimate of drug-likeness (QED) is 0.237. The van der Waals surface area contributed by atoms with Gasteiger partial charge in [0.15, 0.2) is 5.78 Å². The van der Waals surface area contributed by atoms with E-state index in [1.54, 1.807) is 12.1 Å². The molecule has 1 aromatic rings. The Labute approximate surface area is 188 Å². The van der Waals surface area contributed by atoms with Gasteiger partial charge in [-0.25, -0.2) is 0 Å². The lowest BCUT2D eigenvalue weighted by atomic mass is 9.67. The second-order valence-electron chi connectivity index (χ2n) is 10.0. The van der Waals surface area contributed by atoms with Gasteiger partial charge < -0.3 is 9.84 Å². The highest BCUT2D eigenvalue weighted by atomic mass is 16.5. The van der Waals surface area contributed by atoms with Crippen molar-refractivity contribution in [1.29, 1.82) is 0 Å². The van der Waals surface area contributed by atoms with Gasteiger partial charge in [-0.05, 0) is 63.8 Å². The summed E-state index contributed by atoms with van der Waals surface area (Å²) < 4.78 is 6.36. The largest absolute Gasteiger partial charge is 0.507 e. The summed E-state index contributed by atoms with van der Waals surface area (Å²) in [6.07, 6.45) is 16.8. The van der Waals surface area contributed by atoms with E-state index in [9.17, 15) is 9.90 Å². The molecule has 2 unspecified atom stereocenters. The summed E-state index contributed by atoms with van der Waals surface area (Å²) in [6, 6.07) is 3.76. The molecule has 0 saturated heterocycles. The molecule has 3 rings (SSSR count). The molecule has 0 saturated carbocycles. The molecule has 0 spiro atoms. The summed E-state index contributed by atoms with van der Waals surface area (Å²) in [4.78, 5) is 12.3. The Morgan fingerprint density at radius 3 is 2.61 bits per heavy atom. The van der Waals surface area contributed by atoms with Crippen molar-refractivity contribution in [2.75, 3.05) is 0 Å². The molecule has 1 aliphatic heterocycles. The molecule has 3 nitrogen and oxygen atoms in total. The molecule has 1 aromatic carbocycles. The Morgan fingerprint density at radius 1 is 1.16 bits per heavy atom. The SMILES string of the molecule is CCCCCCCCCC(=O)/C=C/c1cc(O)c2c(c1)OC(C)(C)C1CC=C(C)CC21. The third-order valence-electron chi connectivity index (χ3n) is 7.02. The second-order valence-corrected chi connectivity index (χ2v) is 10.0. The molecule has 31 heavy (non-hydrogen) atoms. The maximum Gasteiger partial charge on any atom is 0.155 e. The lowest BCUT2D eigenvalue weighted by Crippen LogP contribution is -2.45. The lowest BCUT2D eigenvalue weighted by Gasteiger charge is -2.47. The molecule has 170 valence electrons. The second kappa shape index (κ2) is 10.5. The molecule has 1 N–H and O–H groups in total. The van der Waals surface area contributed by atoms with Crippen LogP contribution in [0.5, 0.6) is 11.5 Å². The predicted octanol–water partition coefficient (Wildman–Crippen LogP) is 7.73. The van der Waals surface area contributed by atoms with Gasteiger partial charge in [-0.3, -0.25) is 4.79 Å². The van der Waals surface area contributed by atoms with Gasteiger partial charge in [0.1, 0.15) is 17.1 Å². The zero-order valence-electron chi connectivity index (χ0n) is 19.9. The van der Waals surface area contributed by atoms with Crippen molar-refractivity contribution < 1.29 is 14.6 Å². The van der Waals surface area contributed by atoms with Crippen LogP contribution in [0.3, 0.4) is 0 Å². The molecule has 2 atom stereocenters. The van der Waals surface area contributed by atoms with Crippen LogP contribution < -0.4 is 4.74 Å². The summed E-state index contributed by atoms with van der Waals surface area (Å²) in [7, 11) is 0. The minimum Gasteiger partial charge on any atom is -0.507 e. The molecule has 1 aliphatic carbocycles. The number of fused-ring (bicyclic) bond motifs is 3. The van der Waals surface area contributed by atoms with Crippen molar-refractivity contribution in [3.8, 4) is 11.5 Å². The average molecular weight is 425 g/mol. The number of phenolic OH excluding ortho intramolecular Hbond substituents is 1. The van der Waals surface area contributed by atoms with Crippen LogP contribution in [0.2, 0.25) is 0 Å². The first-order chi connectivity index (χ1) is 14.8. The van der Waals surface area contributed by atoms with E-state index in [1.165, 1.54) is 37.7 Å². The minimum absolute atomic E-state index is 0.153. The van der Waals surface area contributed by atoms with Gasteiger partial charge in [-0.2, -0.15) is 0 Å². The van der Waals surface area contributed by atoms with Gasteiger partial charge in [0.05, 0.1) is 0 Å². The van der Waals surface area contributed by atoms with Crippen molar-refractivity contribution in [2.24, 2.45) is 5.92 Å². The van der Waals surface area contributed by atoms with Crippen molar-refractivity contribution in [3.63, 3.8) is 0 Å². The maximum absolute atomic E-state index is 12.3. The number of rotatable bonds is 10. The van der Waals surface area contributed by atoms with Crippen LogP contribution in [0.4, 0.5) is 0 Å². The molecule has 0 fully saturated rings. The van der Waals surface area contributed by atoms with Gasteiger partial charge >= 0.3 is 0 Å². The fraction of sp³-hybridized carbons (Fsp3) is 0.607. The van der Waals surface area contributed by atoms with Crippen LogP contribution >= 0.6 is 0 Å². The van der Waals surface area contributed by atoms with Crippen LogP contribution in [0.1, 0.15) is 109 Å². The van der Waals surface area contributed by atoms with E-state index in [0.717, 1.165) is 42.6 Å². The highest BCUT2D eigenvalue weighted by molar-refractivity contribution is 5.93. The monoisotopic (exact) mass is 424 g/mol. The molecule has 2 aliphatic rings. The Balaban J connectivity index is 1.62. The Kier molecular flexibility index (Phi) is 8.02. The number of aromatic hydroxyl groups is 1. The fourth-order valence-corrected chi connectivity index (χ4v) is 5.21. The zero-order valence-corrected chi connectivity index (χ0v) is 19.9. The van der Waals surface area contributed by atoms with Crippen LogP contribution in [0, 0.1) is 5.92 Å². The number of phenols is 1. The third-order valence-corrected chi connectivity index (χ3v) is 7.02. The van der Waals surface area contributed by atoms with E-state index in [4.69, 9.17) is 4.74 Å². The Morgan fingerprint density at radius 2 is 1.87 bits per heavy atom. The first kappa shape index (κ1) is 23.6. The number of hydrogen-bond acceptors (Lipinski definition) is 3. The number of carbonyl (C=O) groups excluding carboxylic acids is 1. The Bertz CT molecular complexity index is 831. The topological polar surface area (TPSA) is 46.5 Å². The molecule has 3 heteroatoms. The standard InChI is InChI=1S/C28H40O3/c1-5-6-7-8-9-10-11-12-22(29)15-14-21-18-25(30)27-23-17-20(2)13-16-24(23)28(3,4)31-26(27)19-21/h13-15,18-19,23-24,30H,5-12,16-17H2,1-4H3/b15-14+. The molecule has 0 radical (unpaired) electrons. The van der Waals surface area contributed by atoms with Crippen molar-refractivity contribution in [3.05, 3.63) is 41.0 Å². The van der Waals surface area contributed by atoms with Gasteiger partial charge in [0.25, 0.3) is 0 Å². The molecule has 0 amide bonds. The van der Waals surface area contributed by atoms with Crippen molar-refractivity contribution >= 4 is 11.9 Å². The number of carbonyl (C=O) groups is 1. The number of hydrogen-bond donors (Lipinski definition) is 1. The first-order valence-electron chi connectivity index (χ1n) is 12.2. The number of allylic oxidation sites excluding steroid dienone is 3. The van der Waals surface area contributed by atoms with E-state index in [-0.39, 0.29) is 23.1 Å². The number of ether oxygens (including phenoxy) is 1. The molecule has 1 heterocycles. The molecular formula is C28H40O3. The van der Waals surface area contributed by atoms with E-state index in [1.807, 2.05) is 12.1 Å². The number of benzene rings is 1.